The number of nitrogens with one attached hydrogen (secondary N) is 4. The van der Waals surface area contributed by atoms with E-state index in [4.69, 9.17) is 9.84 Å². The number of rotatable bonds is 11. The maximum atomic E-state index is 13.3. The van der Waals surface area contributed by atoms with Crippen LogP contribution < -0.4 is 16.0 Å². The number of carbonyl (C=O) groups excluding carboxylic acids is 3. The zero-order chi connectivity index (χ0) is 27.9. The molecule has 0 saturated carbocycles. The predicted octanol–water partition coefficient (Wildman–Crippen LogP) is 1.79. The molecule has 2 aromatic rings. The minimum Gasteiger partial charge on any atom is -0.481 e. The van der Waals surface area contributed by atoms with Crippen LogP contribution in [0.3, 0.4) is 0 Å². The molecule has 1 heterocycles. The molecule has 37 heavy (non-hydrogen) atoms. The lowest BCUT2D eigenvalue weighted by Gasteiger charge is -2.27. The van der Waals surface area contributed by atoms with Crippen molar-refractivity contribution in [2.75, 3.05) is 0 Å². The highest BCUT2D eigenvalue weighted by Gasteiger charge is 2.33. The molecule has 0 spiro atoms. The third-order valence-electron chi connectivity index (χ3n) is 5.35. The third kappa shape index (κ3) is 8.81. The Kier molecular flexibility index (Phi) is 9.64. The number of carbonyl (C=O) groups is 5. The van der Waals surface area contributed by atoms with Crippen LogP contribution in [0.2, 0.25) is 0 Å². The number of ether oxygens (including phenoxy) is 1. The Bertz CT molecular complexity index is 1150. The first-order valence-electron chi connectivity index (χ1n) is 11.8. The van der Waals surface area contributed by atoms with Crippen LogP contribution in [0.25, 0.3) is 10.9 Å². The average molecular weight is 519 g/mol. The summed E-state index contributed by atoms with van der Waals surface area (Å²) >= 11 is 0. The lowest BCUT2D eigenvalue weighted by molar-refractivity contribution is -0.147. The first-order chi connectivity index (χ1) is 17.2. The number of carboxylic acid groups (broad SMARTS) is 2. The summed E-state index contributed by atoms with van der Waals surface area (Å²) in [5.74, 6) is -4.97. The van der Waals surface area contributed by atoms with E-state index in [2.05, 4.69) is 20.9 Å². The fourth-order valence-electron chi connectivity index (χ4n) is 3.60. The number of amides is 3. The van der Waals surface area contributed by atoms with Gasteiger partial charge in [0.2, 0.25) is 11.8 Å². The predicted molar refractivity (Wildman–Crippen MR) is 134 cm³/mol. The Labute approximate surface area is 214 Å². The van der Waals surface area contributed by atoms with Crippen molar-refractivity contribution in [1.82, 2.24) is 20.9 Å². The van der Waals surface area contributed by atoms with Gasteiger partial charge < -0.3 is 35.9 Å². The Balaban J connectivity index is 2.27. The molecule has 0 radical (unpaired) electrons. The van der Waals surface area contributed by atoms with E-state index >= 15 is 0 Å². The van der Waals surface area contributed by atoms with E-state index in [1.165, 1.54) is 0 Å². The van der Waals surface area contributed by atoms with E-state index in [1.54, 1.807) is 40.8 Å². The van der Waals surface area contributed by atoms with Gasteiger partial charge in [0.1, 0.15) is 23.7 Å². The molecule has 3 amide bonds. The summed E-state index contributed by atoms with van der Waals surface area (Å²) < 4.78 is 5.30. The van der Waals surface area contributed by atoms with Gasteiger partial charge in [-0.2, -0.15) is 0 Å². The highest BCUT2D eigenvalue weighted by Crippen LogP contribution is 2.20. The SMILES string of the molecule is CC(C)[C@H](NC(=O)[C@H](Cc1c[nH]c2ccccc12)NC(=O)OC(C)(C)C)C(=O)N[C@@H](CC(=O)O)C(=O)O. The minimum atomic E-state index is -1.68. The number of para-hydroxylation sites is 1. The number of aromatic amines is 1. The molecule has 0 fully saturated rings. The van der Waals surface area contributed by atoms with E-state index in [0.29, 0.717) is 0 Å². The Morgan fingerprint density at radius 2 is 1.59 bits per heavy atom. The maximum absolute atomic E-state index is 13.3. The van der Waals surface area contributed by atoms with Gasteiger partial charge in [-0.05, 0) is 38.3 Å². The summed E-state index contributed by atoms with van der Waals surface area (Å²) in [5.41, 5.74) is 0.763. The fourth-order valence-corrected chi connectivity index (χ4v) is 3.60. The number of aliphatic carboxylic acids is 2. The summed E-state index contributed by atoms with van der Waals surface area (Å²) in [6.45, 7) is 8.30. The number of alkyl carbamates (subject to hydrolysis) is 1. The Hall–Kier alpha value is -4.09. The van der Waals surface area contributed by atoms with E-state index in [-0.39, 0.29) is 6.42 Å². The van der Waals surface area contributed by atoms with Gasteiger partial charge in [-0.3, -0.25) is 14.4 Å². The van der Waals surface area contributed by atoms with Crippen molar-refractivity contribution in [3.63, 3.8) is 0 Å². The zero-order valence-electron chi connectivity index (χ0n) is 21.5. The average Bonchev–Trinajstić information content (AvgIpc) is 3.17. The molecule has 0 bridgehead atoms. The Morgan fingerprint density at radius 1 is 0.946 bits per heavy atom. The molecule has 0 aliphatic heterocycles. The molecule has 0 aliphatic carbocycles. The lowest BCUT2D eigenvalue weighted by Crippen LogP contribution is -2.58. The molecule has 2 rings (SSSR count). The van der Waals surface area contributed by atoms with E-state index < -0.39 is 65.9 Å². The highest BCUT2D eigenvalue weighted by atomic mass is 16.6. The van der Waals surface area contributed by atoms with Crippen LogP contribution in [0.15, 0.2) is 30.5 Å². The molecule has 12 nitrogen and oxygen atoms in total. The van der Waals surface area contributed by atoms with Crippen LogP contribution in [0.4, 0.5) is 4.79 Å². The van der Waals surface area contributed by atoms with Gasteiger partial charge >= 0.3 is 18.0 Å². The summed E-state index contributed by atoms with van der Waals surface area (Å²) in [6.07, 6.45) is 0.129. The lowest BCUT2D eigenvalue weighted by atomic mass is 10.00. The number of benzene rings is 1. The highest BCUT2D eigenvalue weighted by molar-refractivity contribution is 5.94. The van der Waals surface area contributed by atoms with Crippen molar-refractivity contribution in [3.8, 4) is 0 Å². The largest absolute Gasteiger partial charge is 0.481 e. The molecule has 1 aromatic carbocycles. The van der Waals surface area contributed by atoms with E-state index in [9.17, 15) is 29.1 Å². The van der Waals surface area contributed by atoms with Gasteiger partial charge in [-0.1, -0.05) is 32.0 Å². The first-order valence-corrected chi connectivity index (χ1v) is 11.8. The first kappa shape index (κ1) is 29.1. The van der Waals surface area contributed by atoms with Crippen LogP contribution in [0, 0.1) is 5.92 Å². The van der Waals surface area contributed by atoms with Crippen molar-refractivity contribution >= 4 is 40.7 Å². The second kappa shape index (κ2) is 12.2. The van der Waals surface area contributed by atoms with Crippen molar-refractivity contribution in [1.29, 1.82) is 0 Å². The molecule has 0 saturated heterocycles. The summed E-state index contributed by atoms with van der Waals surface area (Å²) in [4.78, 5) is 64.2. The summed E-state index contributed by atoms with van der Waals surface area (Å²) in [7, 11) is 0. The van der Waals surface area contributed by atoms with Crippen LogP contribution in [-0.4, -0.2) is 68.8 Å². The number of hydrogen-bond acceptors (Lipinski definition) is 6. The standard InChI is InChI=1S/C25H34N4O8/c1-13(2)20(22(33)27-18(23(34)35)11-19(30)31)29-21(32)17(28-24(36)37-25(3,4)5)10-14-12-26-16-9-7-6-8-15(14)16/h6-9,12-13,17-18,20,26H,10-11H2,1-5H3,(H,27,33)(H,28,36)(H,29,32)(H,30,31)(H,34,35)/t17-,18-,20-/m0/s1. The molecule has 0 aliphatic rings. The Morgan fingerprint density at radius 3 is 2.16 bits per heavy atom. The number of hydrogen-bond donors (Lipinski definition) is 6. The molecule has 1 aromatic heterocycles. The molecular formula is C25H34N4O8. The maximum Gasteiger partial charge on any atom is 0.408 e. The molecule has 6 N–H and O–H groups in total. The minimum absolute atomic E-state index is 0.0677. The monoisotopic (exact) mass is 518 g/mol. The number of fused-ring (bicyclic) bond motifs is 1. The van der Waals surface area contributed by atoms with Crippen molar-refractivity contribution in [3.05, 3.63) is 36.0 Å². The van der Waals surface area contributed by atoms with Gasteiger partial charge in [0.25, 0.3) is 0 Å². The van der Waals surface area contributed by atoms with Crippen molar-refractivity contribution in [2.24, 2.45) is 5.92 Å². The molecular weight excluding hydrogens is 484 g/mol. The zero-order valence-corrected chi connectivity index (χ0v) is 21.5. The van der Waals surface area contributed by atoms with Crippen LogP contribution >= 0.6 is 0 Å². The third-order valence-corrected chi connectivity index (χ3v) is 5.35. The van der Waals surface area contributed by atoms with Crippen LogP contribution in [0.5, 0.6) is 0 Å². The van der Waals surface area contributed by atoms with E-state index in [1.807, 2.05) is 24.3 Å². The second-order valence-electron chi connectivity index (χ2n) is 9.99. The molecule has 202 valence electrons. The molecule has 3 atom stereocenters. The van der Waals surface area contributed by atoms with Crippen molar-refractivity contribution < 1.29 is 38.9 Å². The number of H-pyrrole nitrogens is 1. The van der Waals surface area contributed by atoms with Crippen LogP contribution in [0.1, 0.15) is 46.6 Å². The molecule has 0 unspecified atom stereocenters. The topological polar surface area (TPSA) is 187 Å². The molecule has 12 heteroatoms. The number of aromatic nitrogens is 1. The van der Waals surface area contributed by atoms with Gasteiger partial charge in [-0.15, -0.1) is 0 Å². The van der Waals surface area contributed by atoms with Gasteiger partial charge in [-0.25, -0.2) is 9.59 Å². The van der Waals surface area contributed by atoms with Crippen molar-refractivity contribution in [2.45, 2.75) is 71.2 Å². The normalized spacial score (nSPS) is 13.9. The number of carboxylic acids is 2. The van der Waals surface area contributed by atoms with Gasteiger partial charge in [0.05, 0.1) is 6.42 Å². The summed E-state index contributed by atoms with van der Waals surface area (Å²) in [5, 5.41) is 26.3. The van der Waals surface area contributed by atoms with Crippen LogP contribution in [-0.2, 0) is 30.3 Å². The van der Waals surface area contributed by atoms with E-state index in [0.717, 1.165) is 16.5 Å². The quantitative estimate of drug-likeness (QED) is 0.260. The fraction of sp³-hybridized carbons (Fsp3) is 0.480. The smallest absolute Gasteiger partial charge is 0.408 e. The second-order valence-corrected chi connectivity index (χ2v) is 9.99. The summed E-state index contributed by atoms with van der Waals surface area (Å²) in [6, 6.07) is 3.40. The van der Waals surface area contributed by atoms with Gasteiger partial charge in [0, 0.05) is 23.5 Å². The van der Waals surface area contributed by atoms with Gasteiger partial charge in [0.15, 0.2) is 0 Å².